The van der Waals surface area contributed by atoms with Crippen molar-refractivity contribution in [3.8, 4) is 24.2 Å². The highest BCUT2D eigenvalue weighted by atomic mass is 13.9. The predicted octanol–water partition coefficient (Wildman–Crippen LogP) is 2.26. The van der Waals surface area contributed by atoms with E-state index < -0.39 is 0 Å². The fraction of sp³-hybridized carbons (Fsp3) is 0.500. The van der Waals surface area contributed by atoms with Crippen LogP contribution in [0.1, 0.15) is 26.7 Å². The van der Waals surface area contributed by atoms with Crippen LogP contribution in [-0.2, 0) is 0 Å². The fourth-order valence-electron chi connectivity index (χ4n) is 0.458. The molecule has 0 rings (SSSR count). The number of hydrogen-bond acceptors (Lipinski definition) is 0. The van der Waals surface area contributed by atoms with E-state index in [-0.39, 0.29) is 0 Å². The lowest BCUT2D eigenvalue weighted by Crippen LogP contribution is -1.85. The van der Waals surface area contributed by atoms with Gasteiger partial charge in [0.1, 0.15) is 0 Å². The molecule has 0 fully saturated rings. The molecule has 1 atom stereocenters. The van der Waals surface area contributed by atoms with Crippen LogP contribution in [0.25, 0.3) is 0 Å². The molecule has 1 unspecified atom stereocenters. The Bertz CT molecular complexity index is 161. The average Bonchev–Trinajstić information content (AvgIpc) is 1.98. The largest absolute Gasteiger partial charge is 0.120 e. The molecule has 0 heteroatoms. The molecule has 0 N–H and O–H groups in total. The van der Waals surface area contributed by atoms with Crippen LogP contribution >= 0.6 is 0 Å². The maximum absolute atomic E-state index is 5.16. The summed E-state index contributed by atoms with van der Waals surface area (Å²) in [4.78, 5) is 0. The van der Waals surface area contributed by atoms with Crippen molar-refractivity contribution >= 4 is 0 Å². The first kappa shape index (κ1) is 9.12. The van der Waals surface area contributed by atoms with Crippen molar-refractivity contribution in [1.82, 2.24) is 0 Å². The normalized spacial score (nSPS) is 10.9. The van der Waals surface area contributed by atoms with Crippen LogP contribution in [0.3, 0.4) is 0 Å². The summed E-state index contributed by atoms with van der Waals surface area (Å²) in [6.07, 6.45) is 8.89. The number of hydrogen-bond donors (Lipinski definition) is 0. The van der Waals surface area contributed by atoms with E-state index >= 15 is 0 Å². The Kier molecular flexibility index (Phi) is 5.69. The van der Waals surface area contributed by atoms with E-state index in [1.165, 1.54) is 0 Å². The Morgan fingerprint density at radius 3 is 2.70 bits per heavy atom. The van der Waals surface area contributed by atoms with E-state index in [0.717, 1.165) is 12.8 Å². The highest BCUT2D eigenvalue weighted by molar-refractivity contribution is 5.05. The predicted molar refractivity (Wildman–Crippen MR) is 45.0 cm³/mol. The maximum Gasteiger partial charge on any atom is 0.0281 e. The Morgan fingerprint density at radius 2 is 2.20 bits per heavy atom. The van der Waals surface area contributed by atoms with Gasteiger partial charge in [0.2, 0.25) is 0 Å². The summed E-state index contributed by atoms with van der Waals surface area (Å²) in [5.74, 6) is 8.94. The van der Waals surface area contributed by atoms with Crippen LogP contribution in [0, 0.1) is 36.5 Å². The van der Waals surface area contributed by atoms with Crippen molar-refractivity contribution in [2.45, 2.75) is 26.7 Å². The van der Waals surface area contributed by atoms with Crippen molar-refractivity contribution in [3.63, 3.8) is 0 Å². The average molecular weight is 133 g/mol. The zero-order chi connectivity index (χ0) is 7.82. The highest BCUT2D eigenvalue weighted by Crippen LogP contribution is 1.96. The third kappa shape index (κ3) is 5.26. The fourth-order valence-corrected chi connectivity index (χ4v) is 0.458. The monoisotopic (exact) mass is 133 g/mol. The van der Waals surface area contributed by atoms with Gasteiger partial charge in [-0.1, -0.05) is 13.8 Å². The van der Waals surface area contributed by atoms with Gasteiger partial charge in [0.15, 0.2) is 0 Å². The van der Waals surface area contributed by atoms with E-state index in [1.807, 2.05) is 20.3 Å². The van der Waals surface area contributed by atoms with E-state index in [2.05, 4.69) is 17.8 Å². The number of rotatable bonds is 2. The molecule has 0 bridgehead atoms. The molecule has 0 spiro atoms. The van der Waals surface area contributed by atoms with Crippen LogP contribution < -0.4 is 0 Å². The van der Waals surface area contributed by atoms with E-state index in [4.69, 9.17) is 6.42 Å². The quantitative estimate of drug-likeness (QED) is 0.507. The molecular weight excluding hydrogens is 120 g/mol. The summed E-state index contributed by atoms with van der Waals surface area (Å²) >= 11 is 0. The SMILES string of the molecule is C#CC(C)CC#CC[CH]C. The molecule has 0 aromatic carbocycles. The molecule has 0 aromatic heterocycles. The first-order valence-corrected chi connectivity index (χ1v) is 3.51. The molecule has 0 saturated carbocycles. The van der Waals surface area contributed by atoms with Crippen molar-refractivity contribution in [3.05, 3.63) is 6.42 Å². The summed E-state index contributed by atoms with van der Waals surface area (Å²) in [6.45, 7) is 4.00. The lowest BCUT2D eigenvalue weighted by Gasteiger charge is -1.92. The van der Waals surface area contributed by atoms with Gasteiger partial charge in [-0.2, -0.15) is 0 Å². The van der Waals surface area contributed by atoms with E-state index in [0.29, 0.717) is 5.92 Å². The van der Waals surface area contributed by atoms with Gasteiger partial charge in [-0.15, -0.1) is 24.2 Å². The number of terminal acetylenes is 1. The summed E-state index contributed by atoms with van der Waals surface area (Å²) in [6, 6.07) is 0. The number of unbranched alkanes of at least 4 members (excludes halogenated alkanes) is 1. The smallest absolute Gasteiger partial charge is 0.0281 e. The third-order valence-electron chi connectivity index (χ3n) is 1.12. The Hall–Kier alpha value is -0.880. The standard InChI is InChI=1S/C10H13/c1-4-6-7-8-9-10(3)5-2/h2,4,10H,6,9H2,1,3H3. The van der Waals surface area contributed by atoms with Gasteiger partial charge in [-0.3, -0.25) is 0 Å². The Balaban J connectivity index is 3.38. The molecule has 0 aliphatic heterocycles. The van der Waals surface area contributed by atoms with Crippen LogP contribution in [0.4, 0.5) is 0 Å². The molecule has 0 nitrogen and oxygen atoms in total. The summed E-state index contributed by atoms with van der Waals surface area (Å²) in [5, 5.41) is 0. The second-order valence-corrected chi connectivity index (χ2v) is 2.24. The molecular formula is C10H13. The third-order valence-corrected chi connectivity index (χ3v) is 1.12. The van der Waals surface area contributed by atoms with E-state index in [9.17, 15) is 0 Å². The van der Waals surface area contributed by atoms with Gasteiger partial charge >= 0.3 is 0 Å². The van der Waals surface area contributed by atoms with Crippen molar-refractivity contribution in [2.24, 2.45) is 5.92 Å². The van der Waals surface area contributed by atoms with Gasteiger partial charge in [0, 0.05) is 18.8 Å². The second-order valence-electron chi connectivity index (χ2n) is 2.24. The summed E-state index contributed by atoms with van der Waals surface area (Å²) < 4.78 is 0. The molecule has 0 aliphatic rings. The molecule has 0 saturated heterocycles. The van der Waals surface area contributed by atoms with Gasteiger partial charge in [-0.25, -0.2) is 0 Å². The molecule has 0 aliphatic carbocycles. The van der Waals surface area contributed by atoms with Gasteiger partial charge in [0.25, 0.3) is 0 Å². The molecule has 1 radical (unpaired) electrons. The Labute approximate surface area is 64.0 Å². The van der Waals surface area contributed by atoms with Gasteiger partial charge < -0.3 is 0 Å². The van der Waals surface area contributed by atoms with Gasteiger partial charge in [0.05, 0.1) is 0 Å². The first-order valence-electron chi connectivity index (χ1n) is 3.51. The minimum absolute atomic E-state index is 0.296. The summed E-state index contributed by atoms with van der Waals surface area (Å²) in [5.41, 5.74) is 0. The minimum atomic E-state index is 0.296. The highest BCUT2D eigenvalue weighted by Gasteiger charge is 1.89. The second kappa shape index (κ2) is 6.24. The van der Waals surface area contributed by atoms with Crippen LogP contribution in [-0.4, -0.2) is 0 Å². The first-order chi connectivity index (χ1) is 4.81. The molecule has 0 heterocycles. The lowest BCUT2D eigenvalue weighted by molar-refractivity contribution is 0.789. The molecule has 0 aromatic rings. The molecule has 0 amide bonds. The van der Waals surface area contributed by atoms with Crippen molar-refractivity contribution < 1.29 is 0 Å². The van der Waals surface area contributed by atoms with Crippen molar-refractivity contribution in [1.29, 1.82) is 0 Å². The minimum Gasteiger partial charge on any atom is -0.120 e. The van der Waals surface area contributed by atoms with E-state index in [1.54, 1.807) is 0 Å². The zero-order valence-electron chi connectivity index (χ0n) is 6.65. The van der Waals surface area contributed by atoms with Gasteiger partial charge in [-0.05, 0) is 6.42 Å². The zero-order valence-corrected chi connectivity index (χ0v) is 6.65. The Morgan fingerprint density at radius 1 is 1.50 bits per heavy atom. The summed E-state index contributed by atoms with van der Waals surface area (Å²) in [7, 11) is 0. The van der Waals surface area contributed by atoms with Crippen LogP contribution in [0.5, 0.6) is 0 Å². The van der Waals surface area contributed by atoms with Crippen LogP contribution in [0.15, 0.2) is 0 Å². The molecule has 53 valence electrons. The maximum atomic E-state index is 5.16. The molecule has 10 heavy (non-hydrogen) atoms. The van der Waals surface area contributed by atoms with Crippen LogP contribution in [0.2, 0.25) is 0 Å². The lowest BCUT2D eigenvalue weighted by atomic mass is 10.1. The topological polar surface area (TPSA) is 0 Å². The van der Waals surface area contributed by atoms with Crippen molar-refractivity contribution in [2.75, 3.05) is 0 Å².